The van der Waals surface area contributed by atoms with E-state index in [1.807, 2.05) is 142 Å². The van der Waals surface area contributed by atoms with Crippen molar-refractivity contribution in [2.24, 2.45) is 0 Å². The third kappa shape index (κ3) is 15.9. The average Bonchev–Trinajstić information content (AvgIpc) is 3.47. The molecule has 0 unspecified atom stereocenters. The summed E-state index contributed by atoms with van der Waals surface area (Å²) in [6, 6.07) is 19.5. The standard InChI is InChI=1S/C22H18N4OS.C3H8.5C2H6/c1-23-22(27)18-7-2-3-8-21(18)28-16-10-11-17-19(25-26-20(17)14-16)12-9-15-6-4-5-13-24-15;1-3-2;5*1-2/h2-14H,1H3,(H,23,27)(H,25,26);3H2,1-2H3;5*1-2H3/b12-9+;;;;;;. The molecule has 4 aromatic rings. The van der Waals surface area contributed by atoms with Gasteiger partial charge >= 0.3 is 0 Å². The van der Waals surface area contributed by atoms with Gasteiger partial charge in [-0.3, -0.25) is 14.9 Å². The van der Waals surface area contributed by atoms with Crippen molar-refractivity contribution in [2.75, 3.05) is 7.05 Å². The van der Waals surface area contributed by atoms with Gasteiger partial charge in [0.1, 0.15) is 0 Å². The number of carbonyl (C=O) groups is 1. The SMILES string of the molecule is CC.CC.CC.CC.CC.CCC.CNC(=O)c1ccccc1Sc1ccc2c(/C=C/c3ccccn3)n[nH]c2c1. The molecule has 2 N–H and O–H groups in total. The topological polar surface area (TPSA) is 70.7 Å². The summed E-state index contributed by atoms with van der Waals surface area (Å²) in [4.78, 5) is 18.3. The van der Waals surface area contributed by atoms with E-state index in [4.69, 9.17) is 0 Å². The highest BCUT2D eigenvalue weighted by Crippen LogP contribution is 2.32. The Morgan fingerprint density at radius 3 is 1.98 bits per heavy atom. The van der Waals surface area contributed by atoms with Crippen LogP contribution in [0.5, 0.6) is 0 Å². The predicted molar refractivity (Wildman–Crippen MR) is 186 cm³/mol. The van der Waals surface area contributed by atoms with Crippen molar-refractivity contribution in [3.05, 3.63) is 83.8 Å². The van der Waals surface area contributed by atoms with Gasteiger partial charge in [0.05, 0.1) is 22.5 Å². The maximum absolute atomic E-state index is 12.1. The molecule has 0 radical (unpaired) electrons. The number of fused-ring (bicyclic) bond motifs is 1. The van der Waals surface area contributed by atoms with Crippen molar-refractivity contribution >= 4 is 40.7 Å². The van der Waals surface area contributed by atoms with Crippen molar-refractivity contribution in [3.63, 3.8) is 0 Å². The van der Waals surface area contributed by atoms with Gasteiger partial charge in [0.25, 0.3) is 5.91 Å². The highest BCUT2D eigenvalue weighted by molar-refractivity contribution is 7.99. The zero-order chi connectivity index (χ0) is 32.1. The van der Waals surface area contributed by atoms with Gasteiger partial charge in [0.2, 0.25) is 0 Å². The van der Waals surface area contributed by atoms with Gasteiger partial charge in [0, 0.05) is 28.4 Å². The van der Waals surface area contributed by atoms with Crippen molar-refractivity contribution in [3.8, 4) is 0 Å². The van der Waals surface area contributed by atoms with Crippen LogP contribution in [0.2, 0.25) is 0 Å². The van der Waals surface area contributed by atoms with E-state index in [0.717, 1.165) is 32.1 Å². The number of nitrogens with zero attached hydrogens (tertiary/aromatic N) is 2. The molecule has 5 nitrogen and oxygen atoms in total. The second-order valence-corrected chi connectivity index (χ2v) is 7.90. The summed E-state index contributed by atoms with van der Waals surface area (Å²) in [6.07, 6.45) is 6.91. The fourth-order valence-corrected chi connectivity index (χ4v) is 3.84. The van der Waals surface area contributed by atoms with Crippen LogP contribution in [0.4, 0.5) is 0 Å². The maximum Gasteiger partial charge on any atom is 0.252 e. The van der Waals surface area contributed by atoms with Gasteiger partial charge < -0.3 is 5.32 Å². The Bertz CT molecular complexity index is 1170. The molecule has 2 aromatic carbocycles. The lowest BCUT2D eigenvalue weighted by Gasteiger charge is -2.08. The number of H-pyrrole nitrogens is 1. The zero-order valence-corrected chi connectivity index (χ0v) is 28.7. The van der Waals surface area contributed by atoms with Crippen LogP contribution in [0.15, 0.2) is 76.7 Å². The zero-order valence-electron chi connectivity index (χ0n) is 27.9. The third-order valence-corrected chi connectivity index (χ3v) is 5.32. The van der Waals surface area contributed by atoms with E-state index in [2.05, 4.69) is 34.3 Å². The van der Waals surface area contributed by atoms with Crippen LogP contribution in [-0.2, 0) is 0 Å². The summed E-state index contributed by atoms with van der Waals surface area (Å²) in [7, 11) is 1.64. The summed E-state index contributed by atoms with van der Waals surface area (Å²) in [5, 5.41) is 11.2. The Morgan fingerprint density at radius 1 is 0.829 bits per heavy atom. The Balaban J connectivity index is -0.000000975. The van der Waals surface area contributed by atoms with Crippen LogP contribution in [0.1, 0.15) is 111 Å². The molecule has 0 atom stereocenters. The van der Waals surface area contributed by atoms with Crippen LogP contribution in [-0.4, -0.2) is 28.1 Å². The molecule has 4 rings (SSSR count). The lowest BCUT2D eigenvalue weighted by atomic mass is 10.2. The van der Waals surface area contributed by atoms with Crippen molar-refractivity contribution in [1.29, 1.82) is 0 Å². The van der Waals surface area contributed by atoms with Gasteiger partial charge in [-0.15, -0.1) is 0 Å². The smallest absolute Gasteiger partial charge is 0.252 e. The molecule has 0 bridgehead atoms. The van der Waals surface area contributed by atoms with Gasteiger partial charge in [0.15, 0.2) is 0 Å². The Labute approximate surface area is 255 Å². The number of nitrogens with one attached hydrogen (secondary N) is 2. The molecule has 1 amide bonds. The Hall–Kier alpha value is -3.38. The molecule has 41 heavy (non-hydrogen) atoms. The first-order valence-electron chi connectivity index (χ1n) is 15.2. The van der Waals surface area contributed by atoms with Gasteiger partial charge in [-0.25, -0.2) is 0 Å². The molecule has 0 spiro atoms. The van der Waals surface area contributed by atoms with Crippen LogP contribution in [0, 0.1) is 0 Å². The monoisotopic (exact) mass is 580 g/mol. The second kappa shape index (κ2) is 29.6. The molecule has 0 saturated heterocycles. The van der Waals surface area contributed by atoms with Crippen molar-refractivity contribution in [2.45, 2.75) is 99.3 Å². The molecular weight excluding hydrogens is 524 g/mol. The average molecular weight is 581 g/mol. The van der Waals surface area contributed by atoms with E-state index in [1.54, 1.807) is 25.0 Å². The minimum atomic E-state index is -0.0901. The molecule has 0 aliphatic carbocycles. The summed E-state index contributed by atoms with van der Waals surface area (Å²) in [6.45, 7) is 24.2. The quantitative estimate of drug-likeness (QED) is 0.246. The molecule has 228 valence electrons. The minimum Gasteiger partial charge on any atom is -0.355 e. The number of carbonyl (C=O) groups excluding carboxylic acids is 1. The largest absolute Gasteiger partial charge is 0.355 e. The number of aromatic nitrogens is 3. The van der Waals surface area contributed by atoms with E-state index in [1.165, 1.54) is 6.42 Å². The lowest BCUT2D eigenvalue weighted by Crippen LogP contribution is -2.18. The van der Waals surface area contributed by atoms with Crippen LogP contribution in [0.25, 0.3) is 23.1 Å². The van der Waals surface area contributed by atoms with E-state index >= 15 is 0 Å². The van der Waals surface area contributed by atoms with Gasteiger partial charge in [-0.2, -0.15) is 5.10 Å². The van der Waals surface area contributed by atoms with E-state index in [-0.39, 0.29) is 5.91 Å². The number of benzene rings is 2. The number of pyridine rings is 1. The minimum absolute atomic E-state index is 0.0901. The Kier molecular flexibility index (Phi) is 30.4. The fourth-order valence-electron chi connectivity index (χ4n) is 2.85. The first-order valence-corrected chi connectivity index (χ1v) is 16.0. The van der Waals surface area contributed by atoms with E-state index in [0.29, 0.717) is 5.56 Å². The summed E-state index contributed by atoms with van der Waals surface area (Å²) in [5.41, 5.74) is 3.36. The number of aromatic amines is 1. The highest BCUT2D eigenvalue weighted by Gasteiger charge is 2.11. The molecule has 0 aliphatic heterocycles. The summed E-state index contributed by atoms with van der Waals surface area (Å²) >= 11 is 1.56. The number of hydrogen-bond acceptors (Lipinski definition) is 4. The van der Waals surface area contributed by atoms with Gasteiger partial charge in [-0.05, 0) is 54.6 Å². The molecule has 2 aromatic heterocycles. The normalized spacial score (nSPS) is 8.80. The molecule has 0 saturated carbocycles. The molecular formula is C35H56N4OS. The third-order valence-electron chi connectivity index (χ3n) is 4.25. The van der Waals surface area contributed by atoms with Crippen LogP contribution >= 0.6 is 11.8 Å². The Morgan fingerprint density at radius 2 is 1.41 bits per heavy atom. The second-order valence-electron chi connectivity index (χ2n) is 6.79. The lowest BCUT2D eigenvalue weighted by molar-refractivity contribution is 0.0960. The fraction of sp³-hybridized carbons (Fsp3) is 0.400. The molecule has 0 aliphatic rings. The van der Waals surface area contributed by atoms with E-state index < -0.39 is 0 Å². The van der Waals surface area contributed by atoms with Crippen molar-refractivity contribution < 1.29 is 4.79 Å². The van der Waals surface area contributed by atoms with Crippen molar-refractivity contribution in [1.82, 2.24) is 20.5 Å². The summed E-state index contributed by atoms with van der Waals surface area (Å²) in [5.74, 6) is -0.0901. The molecule has 2 heterocycles. The number of rotatable bonds is 5. The number of amides is 1. The summed E-state index contributed by atoms with van der Waals surface area (Å²) < 4.78 is 0. The van der Waals surface area contributed by atoms with Gasteiger partial charge in [-0.1, -0.05) is 119 Å². The van der Waals surface area contributed by atoms with Crippen LogP contribution in [0.3, 0.4) is 0 Å². The van der Waals surface area contributed by atoms with Crippen LogP contribution < -0.4 is 5.32 Å². The number of hydrogen-bond donors (Lipinski definition) is 2. The predicted octanol–water partition coefficient (Wildman–Crippen LogP) is 11.2. The first-order chi connectivity index (χ1) is 20.2. The van der Waals surface area contributed by atoms with E-state index in [9.17, 15) is 4.79 Å². The molecule has 6 heteroatoms. The maximum atomic E-state index is 12.1. The molecule has 0 fully saturated rings. The first kappa shape index (κ1) is 42.1. The highest BCUT2D eigenvalue weighted by atomic mass is 32.2.